The molecular formula is C22H22Cl2N2O4. The zero-order chi connectivity index (χ0) is 21.7. The number of carbonyl (C=O) groups excluding carboxylic acids is 1. The highest BCUT2D eigenvalue weighted by Crippen LogP contribution is 2.34. The zero-order valence-corrected chi connectivity index (χ0v) is 18.4. The molecule has 0 amide bonds. The van der Waals surface area contributed by atoms with Gasteiger partial charge < -0.3 is 19.5 Å². The molecule has 3 aromatic rings. The highest BCUT2D eigenvalue weighted by molar-refractivity contribution is 6.38. The van der Waals surface area contributed by atoms with E-state index in [1.54, 1.807) is 33.3 Å². The van der Waals surface area contributed by atoms with Crippen LogP contribution in [0.4, 0.5) is 5.69 Å². The van der Waals surface area contributed by atoms with Crippen molar-refractivity contribution in [3.63, 3.8) is 0 Å². The van der Waals surface area contributed by atoms with Crippen LogP contribution in [0, 0.1) is 0 Å². The lowest BCUT2D eigenvalue weighted by Crippen LogP contribution is -2.13. The van der Waals surface area contributed by atoms with Crippen molar-refractivity contribution >= 4 is 45.8 Å². The van der Waals surface area contributed by atoms with E-state index < -0.39 is 5.97 Å². The first-order valence-corrected chi connectivity index (χ1v) is 10.1. The Bertz CT molecular complexity index is 1070. The molecule has 1 heterocycles. The first kappa shape index (κ1) is 22.0. The average molecular weight is 449 g/mol. The maximum atomic E-state index is 12.5. The van der Waals surface area contributed by atoms with Crippen molar-refractivity contribution < 1.29 is 19.0 Å². The molecule has 0 aliphatic carbocycles. The van der Waals surface area contributed by atoms with Crippen LogP contribution in [0.15, 0.2) is 36.5 Å². The van der Waals surface area contributed by atoms with Crippen LogP contribution < -0.4 is 14.8 Å². The predicted octanol–water partition coefficient (Wildman–Crippen LogP) is 5.39. The number of nitrogens with one attached hydrogen (secondary N) is 1. The maximum absolute atomic E-state index is 12.5. The number of pyridine rings is 1. The number of hydrogen-bond donors (Lipinski definition) is 1. The monoisotopic (exact) mass is 448 g/mol. The van der Waals surface area contributed by atoms with Crippen molar-refractivity contribution in [2.75, 3.05) is 32.7 Å². The lowest BCUT2D eigenvalue weighted by molar-refractivity contribution is 0.0527. The van der Waals surface area contributed by atoms with Gasteiger partial charge >= 0.3 is 5.97 Å². The second-order valence-corrected chi connectivity index (χ2v) is 7.26. The minimum atomic E-state index is -0.461. The van der Waals surface area contributed by atoms with Crippen molar-refractivity contribution in [1.29, 1.82) is 0 Å². The summed E-state index contributed by atoms with van der Waals surface area (Å²) < 4.78 is 15.8. The largest absolute Gasteiger partial charge is 0.493 e. The van der Waals surface area contributed by atoms with Gasteiger partial charge in [0, 0.05) is 23.2 Å². The molecule has 1 N–H and O–H groups in total. The molecule has 0 aliphatic rings. The first-order chi connectivity index (χ1) is 14.5. The quantitative estimate of drug-likeness (QED) is 0.465. The summed E-state index contributed by atoms with van der Waals surface area (Å²) in [6, 6.07) is 9.10. The number of fused-ring (bicyclic) bond motifs is 1. The summed E-state index contributed by atoms with van der Waals surface area (Å²) in [5, 5.41) is 4.86. The number of hydrogen-bond acceptors (Lipinski definition) is 6. The number of rotatable bonds is 8. The lowest BCUT2D eigenvalue weighted by Gasteiger charge is -2.15. The highest BCUT2D eigenvalue weighted by Gasteiger charge is 2.18. The number of nitrogens with zero attached hydrogens (tertiary/aromatic N) is 1. The van der Waals surface area contributed by atoms with Crippen LogP contribution >= 0.6 is 23.2 Å². The van der Waals surface area contributed by atoms with Gasteiger partial charge in [0.2, 0.25) is 0 Å². The van der Waals surface area contributed by atoms with Gasteiger partial charge in [0.15, 0.2) is 11.5 Å². The second-order valence-electron chi connectivity index (χ2n) is 6.42. The van der Waals surface area contributed by atoms with Crippen LogP contribution in [0.1, 0.15) is 22.8 Å². The van der Waals surface area contributed by atoms with Gasteiger partial charge in [-0.3, -0.25) is 4.98 Å². The topological polar surface area (TPSA) is 69.7 Å². The van der Waals surface area contributed by atoms with Crippen molar-refractivity contribution in [3.05, 3.63) is 57.7 Å². The van der Waals surface area contributed by atoms with Crippen LogP contribution in [-0.4, -0.2) is 38.3 Å². The van der Waals surface area contributed by atoms with Crippen LogP contribution in [-0.2, 0) is 11.2 Å². The molecule has 1 aromatic heterocycles. The summed E-state index contributed by atoms with van der Waals surface area (Å²) in [6.07, 6.45) is 2.15. The predicted molar refractivity (Wildman–Crippen MR) is 119 cm³/mol. The molecule has 6 nitrogen and oxygen atoms in total. The number of halogens is 2. The van der Waals surface area contributed by atoms with Gasteiger partial charge in [0.25, 0.3) is 0 Å². The van der Waals surface area contributed by atoms with E-state index in [2.05, 4.69) is 10.3 Å². The molecule has 0 fully saturated rings. The molecule has 0 spiro atoms. The Morgan fingerprint density at radius 1 is 1.10 bits per heavy atom. The lowest BCUT2D eigenvalue weighted by atomic mass is 10.1. The Balaban J connectivity index is 1.91. The number of benzene rings is 2. The van der Waals surface area contributed by atoms with E-state index in [1.165, 1.54) is 6.20 Å². The molecule has 30 heavy (non-hydrogen) atoms. The fourth-order valence-corrected chi connectivity index (χ4v) is 3.69. The molecule has 0 unspecified atom stereocenters. The Hall–Kier alpha value is -2.70. The average Bonchev–Trinajstić information content (AvgIpc) is 2.73. The van der Waals surface area contributed by atoms with Gasteiger partial charge in [-0.1, -0.05) is 29.3 Å². The molecule has 0 radical (unpaired) electrons. The summed E-state index contributed by atoms with van der Waals surface area (Å²) >= 11 is 12.5. The van der Waals surface area contributed by atoms with Gasteiger partial charge in [-0.15, -0.1) is 0 Å². The van der Waals surface area contributed by atoms with E-state index in [1.807, 2.05) is 18.2 Å². The molecule has 0 bridgehead atoms. The van der Waals surface area contributed by atoms with Crippen LogP contribution in [0.3, 0.4) is 0 Å². The fraction of sp³-hybridized carbons (Fsp3) is 0.273. The van der Waals surface area contributed by atoms with E-state index in [0.29, 0.717) is 56.7 Å². The Morgan fingerprint density at radius 2 is 1.87 bits per heavy atom. The van der Waals surface area contributed by atoms with E-state index >= 15 is 0 Å². The number of aromatic nitrogens is 1. The number of methoxy groups -OCH3 is 2. The summed E-state index contributed by atoms with van der Waals surface area (Å²) in [7, 11) is 3.20. The SMILES string of the molecule is CCOC(=O)c1cnc2c(Cl)cc(Cl)cc2c1NCCc1ccc(OC)c(OC)c1. The zero-order valence-electron chi connectivity index (χ0n) is 16.9. The Labute approximate surface area is 185 Å². The molecule has 0 saturated carbocycles. The molecule has 8 heteroatoms. The van der Waals surface area contributed by atoms with Crippen molar-refractivity contribution in [2.45, 2.75) is 13.3 Å². The molecule has 0 atom stereocenters. The molecule has 0 saturated heterocycles. The molecule has 3 rings (SSSR count). The maximum Gasteiger partial charge on any atom is 0.341 e. The molecule has 0 aliphatic heterocycles. The Kier molecular flexibility index (Phi) is 7.24. The minimum absolute atomic E-state index is 0.262. The summed E-state index contributed by atoms with van der Waals surface area (Å²) in [5.41, 5.74) is 2.52. The van der Waals surface area contributed by atoms with Crippen molar-refractivity contribution in [3.8, 4) is 11.5 Å². The fourth-order valence-electron chi connectivity index (χ4n) is 3.15. The smallest absolute Gasteiger partial charge is 0.341 e. The van der Waals surface area contributed by atoms with E-state index in [-0.39, 0.29) is 6.61 Å². The third-order valence-electron chi connectivity index (χ3n) is 4.55. The first-order valence-electron chi connectivity index (χ1n) is 9.38. The van der Waals surface area contributed by atoms with Crippen LogP contribution in [0.2, 0.25) is 10.0 Å². The number of carbonyl (C=O) groups is 1. The van der Waals surface area contributed by atoms with Gasteiger partial charge in [-0.2, -0.15) is 0 Å². The standard InChI is InChI=1S/C22H22Cl2N2O4/c1-4-30-22(27)16-12-26-21-15(10-14(23)11-17(21)24)20(16)25-8-7-13-5-6-18(28-2)19(9-13)29-3/h5-6,9-12H,4,7-8H2,1-3H3,(H,25,26). The van der Waals surface area contributed by atoms with Gasteiger partial charge in [0.05, 0.1) is 37.1 Å². The highest BCUT2D eigenvalue weighted by atomic mass is 35.5. The number of anilines is 1. The van der Waals surface area contributed by atoms with Crippen molar-refractivity contribution in [2.24, 2.45) is 0 Å². The summed E-state index contributed by atoms with van der Waals surface area (Å²) in [4.78, 5) is 16.8. The molecule has 2 aromatic carbocycles. The van der Waals surface area contributed by atoms with Gasteiger partial charge in [-0.25, -0.2) is 4.79 Å². The number of ether oxygens (including phenoxy) is 3. The minimum Gasteiger partial charge on any atom is -0.493 e. The Morgan fingerprint density at radius 3 is 2.57 bits per heavy atom. The molecule has 158 valence electrons. The van der Waals surface area contributed by atoms with E-state index in [4.69, 9.17) is 37.4 Å². The third-order valence-corrected chi connectivity index (χ3v) is 5.05. The third kappa shape index (κ3) is 4.71. The van der Waals surface area contributed by atoms with Crippen LogP contribution in [0.5, 0.6) is 11.5 Å². The summed E-state index contributed by atoms with van der Waals surface area (Å²) in [6.45, 7) is 2.56. The normalized spacial score (nSPS) is 10.7. The van der Waals surface area contributed by atoms with Crippen molar-refractivity contribution in [1.82, 2.24) is 4.98 Å². The van der Waals surface area contributed by atoms with E-state index in [9.17, 15) is 4.79 Å². The second kappa shape index (κ2) is 9.87. The number of esters is 1. The van der Waals surface area contributed by atoms with Gasteiger partial charge in [0.1, 0.15) is 5.56 Å². The van der Waals surface area contributed by atoms with Crippen LogP contribution in [0.25, 0.3) is 10.9 Å². The van der Waals surface area contributed by atoms with Gasteiger partial charge in [-0.05, 0) is 43.2 Å². The van der Waals surface area contributed by atoms with E-state index in [0.717, 1.165) is 5.56 Å². The summed E-state index contributed by atoms with van der Waals surface area (Å²) in [5.74, 6) is 0.870. The molecular weight excluding hydrogens is 427 g/mol.